The van der Waals surface area contributed by atoms with E-state index in [4.69, 9.17) is 5.73 Å². The van der Waals surface area contributed by atoms with Gasteiger partial charge < -0.3 is 15.4 Å². The van der Waals surface area contributed by atoms with Crippen molar-refractivity contribution in [1.29, 1.82) is 0 Å². The molecule has 1 aromatic heterocycles. The Morgan fingerprint density at radius 1 is 1.31 bits per heavy atom. The first-order chi connectivity index (χ1) is 7.65. The largest absolute Gasteiger partial charge is 0.508 e. The zero-order valence-corrected chi connectivity index (χ0v) is 8.63. The minimum absolute atomic E-state index is 0.174. The lowest BCUT2D eigenvalue weighted by atomic mass is 10.2. The zero-order chi connectivity index (χ0) is 11.5. The first-order valence-electron chi connectivity index (χ1n) is 4.88. The van der Waals surface area contributed by atoms with Gasteiger partial charge in [0.25, 0.3) is 0 Å². The highest BCUT2D eigenvalue weighted by Gasteiger charge is 1.98. The molecule has 16 heavy (non-hydrogen) atoms. The molecule has 0 saturated carbocycles. The molecule has 3 N–H and O–H groups in total. The molecular formula is C12H12N2O2. The van der Waals surface area contributed by atoms with E-state index in [1.165, 1.54) is 6.07 Å². The fourth-order valence-electron chi connectivity index (χ4n) is 1.51. The van der Waals surface area contributed by atoms with Gasteiger partial charge in [-0.2, -0.15) is 0 Å². The van der Waals surface area contributed by atoms with Crippen LogP contribution in [0.1, 0.15) is 5.56 Å². The standard InChI is InChI=1S/C12H12N2O2/c13-11-8-14(5-4-12(11)16)7-9-2-1-3-10(15)6-9/h1-6,8,15H,7,13H2. The average Bonchev–Trinajstić information content (AvgIpc) is 2.24. The first kappa shape index (κ1) is 10.3. The smallest absolute Gasteiger partial charge is 0.204 e. The molecule has 0 amide bonds. The van der Waals surface area contributed by atoms with Crippen molar-refractivity contribution < 1.29 is 5.11 Å². The molecule has 0 spiro atoms. The monoisotopic (exact) mass is 216 g/mol. The lowest BCUT2D eigenvalue weighted by Gasteiger charge is -2.07. The Kier molecular flexibility index (Phi) is 2.64. The molecule has 0 bridgehead atoms. The number of pyridine rings is 1. The van der Waals surface area contributed by atoms with Gasteiger partial charge in [-0.25, -0.2) is 0 Å². The Labute approximate surface area is 92.6 Å². The fourth-order valence-corrected chi connectivity index (χ4v) is 1.51. The Hall–Kier alpha value is -2.23. The summed E-state index contributed by atoms with van der Waals surface area (Å²) in [7, 11) is 0. The van der Waals surface area contributed by atoms with E-state index < -0.39 is 0 Å². The van der Waals surface area contributed by atoms with E-state index >= 15 is 0 Å². The lowest BCUT2D eigenvalue weighted by Crippen LogP contribution is -2.11. The van der Waals surface area contributed by atoms with Crippen LogP contribution in [0, 0.1) is 0 Å². The Balaban J connectivity index is 2.27. The molecule has 0 aliphatic heterocycles. The normalized spacial score (nSPS) is 10.2. The van der Waals surface area contributed by atoms with Crippen LogP contribution in [-0.4, -0.2) is 9.67 Å². The predicted molar refractivity (Wildman–Crippen MR) is 62.3 cm³/mol. The summed E-state index contributed by atoms with van der Waals surface area (Å²) in [6, 6.07) is 8.39. The van der Waals surface area contributed by atoms with Crippen molar-refractivity contribution in [2.75, 3.05) is 5.73 Å². The minimum atomic E-state index is -0.174. The van der Waals surface area contributed by atoms with Gasteiger partial charge in [0.1, 0.15) is 5.75 Å². The molecular weight excluding hydrogens is 204 g/mol. The second-order valence-electron chi connectivity index (χ2n) is 3.61. The van der Waals surface area contributed by atoms with Gasteiger partial charge in [0.15, 0.2) is 0 Å². The molecule has 0 fully saturated rings. The Bertz CT molecular complexity index is 561. The number of phenols is 1. The summed E-state index contributed by atoms with van der Waals surface area (Å²) in [6.45, 7) is 0.568. The van der Waals surface area contributed by atoms with Gasteiger partial charge in [0.05, 0.1) is 5.69 Å². The predicted octanol–water partition coefficient (Wildman–Crippen LogP) is 1.18. The lowest BCUT2D eigenvalue weighted by molar-refractivity contribution is 0.474. The van der Waals surface area contributed by atoms with Gasteiger partial charge in [-0.3, -0.25) is 4.79 Å². The van der Waals surface area contributed by atoms with E-state index in [9.17, 15) is 9.90 Å². The molecule has 0 aliphatic rings. The summed E-state index contributed by atoms with van der Waals surface area (Å²) in [4.78, 5) is 11.1. The molecule has 0 radical (unpaired) electrons. The number of nitrogen functional groups attached to an aromatic ring is 1. The highest BCUT2D eigenvalue weighted by molar-refractivity contribution is 5.34. The van der Waals surface area contributed by atoms with Gasteiger partial charge in [-0.15, -0.1) is 0 Å². The summed E-state index contributed by atoms with van der Waals surface area (Å²) in [6.07, 6.45) is 3.26. The van der Waals surface area contributed by atoms with Gasteiger partial charge in [-0.1, -0.05) is 12.1 Å². The van der Waals surface area contributed by atoms with Crippen LogP contribution in [0.25, 0.3) is 0 Å². The highest BCUT2D eigenvalue weighted by atomic mass is 16.3. The molecule has 1 heterocycles. The molecule has 82 valence electrons. The van der Waals surface area contributed by atoms with E-state index in [2.05, 4.69) is 0 Å². The first-order valence-corrected chi connectivity index (χ1v) is 4.88. The molecule has 4 nitrogen and oxygen atoms in total. The van der Waals surface area contributed by atoms with Crippen molar-refractivity contribution in [2.45, 2.75) is 6.54 Å². The van der Waals surface area contributed by atoms with E-state index in [-0.39, 0.29) is 16.9 Å². The van der Waals surface area contributed by atoms with Gasteiger partial charge in [0.2, 0.25) is 5.43 Å². The maximum atomic E-state index is 11.1. The summed E-state index contributed by atoms with van der Waals surface area (Å²) in [5.41, 5.74) is 6.52. The third kappa shape index (κ3) is 2.23. The van der Waals surface area contributed by atoms with E-state index in [0.717, 1.165) is 5.56 Å². The topological polar surface area (TPSA) is 68.2 Å². The number of anilines is 1. The molecule has 0 saturated heterocycles. The molecule has 0 atom stereocenters. The number of benzene rings is 1. The van der Waals surface area contributed by atoms with Crippen molar-refractivity contribution in [2.24, 2.45) is 0 Å². The number of nitrogens with zero attached hydrogens (tertiary/aromatic N) is 1. The van der Waals surface area contributed by atoms with Crippen molar-refractivity contribution >= 4 is 5.69 Å². The van der Waals surface area contributed by atoms with E-state index in [1.54, 1.807) is 35.2 Å². The van der Waals surface area contributed by atoms with E-state index in [1.807, 2.05) is 6.07 Å². The maximum Gasteiger partial charge on any atom is 0.204 e. The summed E-state index contributed by atoms with van der Waals surface area (Å²) < 4.78 is 1.80. The quantitative estimate of drug-likeness (QED) is 0.792. The zero-order valence-electron chi connectivity index (χ0n) is 8.63. The third-order valence-electron chi connectivity index (χ3n) is 2.28. The molecule has 0 aliphatic carbocycles. The number of hydrogen-bond donors (Lipinski definition) is 2. The van der Waals surface area contributed by atoms with Crippen LogP contribution in [-0.2, 0) is 6.54 Å². The molecule has 2 aromatic rings. The number of hydrogen-bond acceptors (Lipinski definition) is 3. The van der Waals surface area contributed by atoms with Crippen LogP contribution >= 0.6 is 0 Å². The number of phenolic OH excluding ortho intramolecular Hbond substituents is 1. The van der Waals surface area contributed by atoms with E-state index in [0.29, 0.717) is 6.54 Å². The van der Waals surface area contributed by atoms with Crippen molar-refractivity contribution in [3.05, 3.63) is 58.5 Å². The molecule has 4 heteroatoms. The SMILES string of the molecule is Nc1cn(Cc2cccc(O)c2)ccc1=O. The molecule has 0 unspecified atom stereocenters. The van der Waals surface area contributed by atoms with Crippen LogP contribution in [0.2, 0.25) is 0 Å². The Morgan fingerprint density at radius 2 is 2.12 bits per heavy atom. The maximum absolute atomic E-state index is 11.1. The molecule has 2 rings (SSSR count). The molecule has 1 aromatic carbocycles. The average molecular weight is 216 g/mol. The van der Waals surface area contributed by atoms with Crippen LogP contribution in [0.15, 0.2) is 47.5 Å². The van der Waals surface area contributed by atoms with Crippen molar-refractivity contribution in [3.8, 4) is 5.75 Å². The third-order valence-corrected chi connectivity index (χ3v) is 2.28. The number of rotatable bonds is 2. The summed E-state index contributed by atoms with van der Waals surface area (Å²) in [5, 5.41) is 9.31. The van der Waals surface area contributed by atoms with Crippen molar-refractivity contribution in [1.82, 2.24) is 4.57 Å². The Morgan fingerprint density at radius 3 is 2.81 bits per heavy atom. The summed E-state index contributed by atoms with van der Waals surface area (Å²) >= 11 is 0. The minimum Gasteiger partial charge on any atom is -0.508 e. The number of aromatic nitrogens is 1. The van der Waals surface area contributed by atoms with Gasteiger partial charge >= 0.3 is 0 Å². The van der Waals surface area contributed by atoms with Crippen LogP contribution < -0.4 is 11.2 Å². The van der Waals surface area contributed by atoms with Gasteiger partial charge in [0, 0.05) is 25.0 Å². The second-order valence-corrected chi connectivity index (χ2v) is 3.61. The van der Waals surface area contributed by atoms with Crippen molar-refractivity contribution in [3.63, 3.8) is 0 Å². The fraction of sp³-hybridized carbons (Fsp3) is 0.0833. The number of nitrogens with two attached hydrogens (primary N) is 1. The summed E-state index contributed by atoms with van der Waals surface area (Å²) in [5.74, 6) is 0.228. The van der Waals surface area contributed by atoms with Crippen LogP contribution in [0.3, 0.4) is 0 Å². The highest BCUT2D eigenvalue weighted by Crippen LogP contribution is 2.12. The number of aromatic hydroxyl groups is 1. The van der Waals surface area contributed by atoms with Crippen LogP contribution in [0.5, 0.6) is 5.75 Å². The second kappa shape index (κ2) is 4.10. The van der Waals surface area contributed by atoms with Gasteiger partial charge in [-0.05, 0) is 17.7 Å². The van der Waals surface area contributed by atoms with Crippen LogP contribution in [0.4, 0.5) is 5.69 Å².